The summed E-state index contributed by atoms with van der Waals surface area (Å²) in [5, 5.41) is 2.85. The van der Waals surface area contributed by atoms with E-state index in [4.69, 9.17) is 10.5 Å². The first kappa shape index (κ1) is 15.9. The number of amides is 1. The average Bonchev–Trinajstić information content (AvgIpc) is 2.50. The van der Waals surface area contributed by atoms with Crippen LogP contribution in [0.1, 0.15) is 16.7 Å². The predicted octanol–water partition coefficient (Wildman–Crippen LogP) is 2.62. The zero-order valence-electron chi connectivity index (χ0n) is 13.1. The van der Waals surface area contributed by atoms with Gasteiger partial charge in [-0.3, -0.25) is 4.79 Å². The zero-order valence-corrected chi connectivity index (χ0v) is 13.1. The van der Waals surface area contributed by atoms with Gasteiger partial charge in [-0.1, -0.05) is 18.2 Å². The lowest BCUT2D eigenvalue weighted by Crippen LogP contribution is -2.30. The molecule has 2 aromatic carbocycles. The Labute approximate surface area is 131 Å². The summed E-state index contributed by atoms with van der Waals surface area (Å²) in [4.78, 5) is 11.8. The number of carbonyl (C=O) groups excluding carboxylic acids is 1. The molecule has 0 fully saturated rings. The Balaban J connectivity index is 1.71. The molecule has 3 N–H and O–H groups in total. The summed E-state index contributed by atoms with van der Waals surface area (Å²) in [6.45, 7) is 4.68. The summed E-state index contributed by atoms with van der Waals surface area (Å²) >= 11 is 0. The highest BCUT2D eigenvalue weighted by atomic mass is 16.5. The maximum atomic E-state index is 11.8. The molecule has 4 nitrogen and oxygen atoms in total. The van der Waals surface area contributed by atoms with Gasteiger partial charge in [-0.25, -0.2) is 0 Å². The molecule has 0 aromatic heterocycles. The van der Waals surface area contributed by atoms with Crippen molar-refractivity contribution in [2.45, 2.75) is 20.3 Å². The van der Waals surface area contributed by atoms with E-state index < -0.39 is 0 Å². The second-order valence-electron chi connectivity index (χ2n) is 5.38. The van der Waals surface area contributed by atoms with E-state index >= 15 is 0 Å². The Morgan fingerprint density at radius 2 is 1.82 bits per heavy atom. The topological polar surface area (TPSA) is 64.3 Å². The standard InChI is InChI=1S/C18H22N2O2/c1-13-3-8-17(11-14(13)2)22-12-18(21)20-10-9-15-4-6-16(19)7-5-15/h3-8,11H,9-10,12,19H2,1-2H3,(H,20,21). The van der Waals surface area contributed by atoms with Gasteiger partial charge in [0.2, 0.25) is 0 Å². The highest BCUT2D eigenvalue weighted by molar-refractivity contribution is 5.77. The molecule has 22 heavy (non-hydrogen) atoms. The molecule has 2 aromatic rings. The normalized spacial score (nSPS) is 10.3. The number of aryl methyl sites for hydroxylation is 2. The monoisotopic (exact) mass is 298 g/mol. The van der Waals surface area contributed by atoms with Crippen LogP contribution in [-0.2, 0) is 11.2 Å². The highest BCUT2D eigenvalue weighted by Crippen LogP contribution is 2.16. The van der Waals surface area contributed by atoms with E-state index in [1.165, 1.54) is 5.56 Å². The fraction of sp³-hybridized carbons (Fsp3) is 0.278. The average molecular weight is 298 g/mol. The van der Waals surface area contributed by atoms with Crippen LogP contribution in [0.15, 0.2) is 42.5 Å². The molecular formula is C18H22N2O2. The van der Waals surface area contributed by atoms with E-state index in [2.05, 4.69) is 5.32 Å². The van der Waals surface area contributed by atoms with Crippen molar-refractivity contribution in [2.75, 3.05) is 18.9 Å². The van der Waals surface area contributed by atoms with Gasteiger partial charge in [-0.15, -0.1) is 0 Å². The summed E-state index contributed by atoms with van der Waals surface area (Å²) in [5.41, 5.74) is 9.88. The Morgan fingerprint density at radius 3 is 2.50 bits per heavy atom. The summed E-state index contributed by atoms with van der Waals surface area (Å²) in [7, 11) is 0. The van der Waals surface area contributed by atoms with Crippen LogP contribution in [0.2, 0.25) is 0 Å². The number of nitrogens with one attached hydrogen (secondary N) is 1. The number of ether oxygens (including phenoxy) is 1. The van der Waals surface area contributed by atoms with Gasteiger partial charge >= 0.3 is 0 Å². The lowest BCUT2D eigenvalue weighted by molar-refractivity contribution is -0.123. The molecular weight excluding hydrogens is 276 g/mol. The molecule has 0 saturated carbocycles. The summed E-state index contributed by atoms with van der Waals surface area (Å²) in [5.74, 6) is 0.602. The van der Waals surface area contributed by atoms with Gasteiger partial charge in [-0.2, -0.15) is 0 Å². The third-order valence-corrected chi connectivity index (χ3v) is 3.56. The molecule has 0 saturated heterocycles. The quantitative estimate of drug-likeness (QED) is 0.806. The maximum Gasteiger partial charge on any atom is 0.257 e. The molecule has 0 aliphatic carbocycles. The van der Waals surface area contributed by atoms with Crippen LogP contribution in [-0.4, -0.2) is 19.1 Å². The van der Waals surface area contributed by atoms with E-state index in [1.54, 1.807) is 0 Å². The van der Waals surface area contributed by atoms with E-state index in [9.17, 15) is 4.79 Å². The van der Waals surface area contributed by atoms with Crippen molar-refractivity contribution in [3.8, 4) is 5.75 Å². The second kappa shape index (κ2) is 7.50. The number of nitrogens with two attached hydrogens (primary N) is 1. The van der Waals surface area contributed by atoms with Crippen LogP contribution >= 0.6 is 0 Å². The largest absolute Gasteiger partial charge is 0.484 e. The number of anilines is 1. The van der Waals surface area contributed by atoms with Gasteiger partial charge in [0.1, 0.15) is 5.75 Å². The van der Waals surface area contributed by atoms with Gasteiger partial charge in [0, 0.05) is 12.2 Å². The highest BCUT2D eigenvalue weighted by Gasteiger charge is 2.03. The lowest BCUT2D eigenvalue weighted by atomic mass is 10.1. The third kappa shape index (κ3) is 4.81. The molecule has 0 heterocycles. The van der Waals surface area contributed by atoms with Crippen LogP contribution in [0.25, 0.3) is 0 Å². The Hall–Kier alpha value is -2.49. The second-order valence-corrected chi connectivity index (χ2v) is 5.38. The van der Waals surface area contributed by atoms with Crippen LogP contribution in [0.4, 0.5) is 5.69 Å². The predicted molar refractivity (Wildman–Crippen MR) is 89.0 cm³/mol. The molecule has 0 radical (unpaired) electrons. The molecule has 0 atom stereocenters. The van der Waals surface area contributed by atoms with Crippen molar-refractivity contribution in [3.63, 3.8) is 0 Å². The molecule has 0 unspecified atom stereocenters. The van der Waals surface area contributed by atoms with Gasteiger partial charge in [0.25, 0.3) is 5.91 Å². The fourth-order valence-electron chi connectivity index (χ4n) is 2.03. The van der Waals surface area contributed by atoms with Crippen molar-refractivity contribution in [2.24, 2.45) is 0 Å². The first-order chi connectivity index (χ1) is 10.5. The lowest BCUT2D eigenvalue weighted by Gasteiger charge is -2.09. The SMILES string of the molecule is Cc1ccc(OCC(=O)NCCc2ccc(N)cc2)cc1C. The summed E-state index contributed by atoms with van der Waals surface area (Å²) in [6, 6.07) is 13.5. The molecule has 116 valence electrons. The number of nitrogen functional groups attached to an aromatic ring is 1. The maximum absolute atomic E-state index is 11.8. The Kier molecular flexibility index (Phi) is 5.42. The molecule has 2 rings (SSSR count). The minimum absolute atomic E-state index is 0.0320. The van der Waals surface area contributed by atoms with Gasteiger partial charge in [0.15, 0.2) is 6.61 Å². The first-order valence-corrected chi connectivity index (χ1v) is 7.36. The molecule has 0 aliphatic rings. The van der Waals surface area contributed by atoms with Crippen molar-refractivity contribution in [3.05, 3.63) is 59.2 Å². The Bertz CT molecular complexity index is 636. The van der Waals surface area contributed by atoms with Gasteiger partial charge < -0.3 is 15.8 Å². The van der Waals surface area contributed by atoms with Crippen molar-refractivity contribution >= 4 is 11.6 Å². The van der Waals surface area contributed by atoms with E-state index in [-0.39, 0.29) is 12.5 Å². The number of benzene rings is 2. The molecule has 4 heteroatoms. The third-order valence-electron chi connectivity index (χ3n) is 3.56. The minimum Gasteiger partial charge on any atom is -0.484 e. The van der Waals surface area contributed by atoms with Crippen LogP contribution in [0.5, 0.6) is 5.75 Å². The van der Waals surface area contributed by atoms with Gasteiger partial charge in [-0.05, 0) is 61.2 Å². The first-order valence-electron chi connectivity index (χ1n) is 7.36. The zero-order chi connectivity index (χ0) is 15.9. The Morgan fingerprint density at radius 1 is 1.09 bits per heavy atom. The van der Waals surface area contributed by atoms with Gasteiger partial charge in [0.05, 0.1) is 0 Å². The number of carbonyl (C=O) groups is 1. The minimum atomic E-state index is -0.117. The van der Waals surface area contributed by atoms with Crippen LogP contribution in [0, 0.1) is 13.8 Å². The molecule has 0 spiro atoms. The molecule has 0 bridgehead atoms. The number of rotatable bonds is 6. The van der Waals surface area contributed by atoms with Crippen molar-refractivity contribution in [1.29, 1.82) is 0 Å². The smallest absolute Gasteiger partial charge is 0.257 e. The number of hydrogen-bond donors (Lipinski definition) is 2. The summed E-state index contributed by atoms with van der Waals surface area (Å²) < 4.78 is 5.49. The van der Waals surface area contributed by atoms with Crippen molar-refractivity contribution in [1.82, 2.24) is 5.32 Å². The molecule has 1 amide bonds. The fourth-order valence-corrected chi connectivity index (χ4v) is 2.03. The van der Waals surface area contributed by atoms with Crippen LogP contribution in [0.3, 0.4) is 0 Å². The van der Waals surface area contributed by atoms with E-state index in [1.807, 2.05) is 56.3 Å². The van der Waals surface area contributed by atoms with E-state index in [0.29, 0.717) is 6.54 Å². The van der Waals surface area contributed by atoms with Crippen LogP contribution < -0.4 is 15.8 Å². The van der Waals surface area contributed by atoms with E-state index in [0.717, 1.165) is 29.0 Å². The summed E-state index contributed by atoms with van der Waals surface area (Å²) in [6.07, 6.45) is 0.773. The molecule has 0 aliphatic heterocycles. The van der Waals surface area contributed by atoms with Crippen molar-refractivity contribution < 1.29 is 9.53 Å². The number of hydrogen-bond acceptors (Lipinski definition) is 3.